The molecule has 8 rings (SSSR count). The van der Waals surface area contributed by atoms with Crippen molar-refractivity contribution in [1.82, 2.24) is 24.6 Å². The summed E-state index contributed by atoms with van der Waals surface area (Å²) in [6.45, 7) is 7.98. The molecule has 2 aromatic carbocycles. The van der Waals surface area contributed by atoms with E-state index in [-0.39, 0.29) is 41.9 Å². The van der Waals surface area contributed by atoms with Gasteiger partial charge >= 0.3 is 0 Å². The minimum absolute atomic E-state index is 0.0290. The fourth-order valence-corrected chi connectivity index (χ4v) is 8.63. The summed E-state index contributed by atoms with van der Waals surface area (Å²) in [7, 11) is 2.16. The first-order valence-electron chi connectivity index (χ1n) is 16.2. The molecule has 3 aliphatic rings. The molecule has 3 aromatic heterocycles. The number of aromatic nitrogens is 3. The third-order valence-corrected chi connectivity index (χ3v) is 10.9. The summed E-state index contributed by atoms with van der Waals surface area (Å²) in [6.07, 6.45) is 3.70. The summed E-state index contributed by atoms with van der Waals surface area (Å²) < 4.78 is 39.0. The third-order valence-electron chi connectivity index (χ3n) is 10.0. The number of fused-ring (bicyclic) bond motifs is 4. The van der Waals surface area contributed by atoms with Gasteiger partial charge in [-0.15, -0.1) is 11.3 Å². The molecule has 8 nitrogen and oxygen atoms in total. The minimum atomic E-state index is -0.805. The van der Waals surface area contributed by atoms with E-state index in [0.29, 0.717) is 30.0 Å². The minimum Gasteiger partial charge on any atom is -0.490 e. The van der Waals surface area contributed by atoms with E-state index in [9.17, 15) is 14.3 Å². The van der Waals surface area contributed by atoms with Gasteiger partial charge in [0.05, 0.1) is 36.1 Å². The number of ether oxygens (including phenoxy) is 1. The second-order valence-corrected chi connectivity index (χ2v) is 14.0. The van der Waals surface area contributed by atoms with Crippen LogP contribution in [0.5, 0.6) is 5.75 Å². The maximum atomic E-state index is 16.1. The van der Waals surface area contributed by atoms with Crippen LogP contribution in [0.25, 0.3) is 43.9 Å². The summed E-state index contributed by atoms with van der Waals surface area (Å²) in [6, 6.07) is 12.2. The zero-order chi connectivity index (χ0) is 33.3. The highest BCUT2D eigenvalue weighted by atomic mass is 32.1. The number of likely N-dealkylation sites (N-methyl/N-ethyl adjacent to an activating group) is 1. The summed E-state index contributed by atoms with van der Waals surface area (Å²) in [5.41, 5.74) is 6.86. The maximum Gasteiger partial charge on any atom is 0.246 e. The second kappa shape index (κ2) is 11.6. The lowest BCUT2D eigenvalue weighted by Gasteiger charge is -2.33. The summed E-state index contributed by atoms with van der Waals surface area (Å²) in [5, 5.41) is 17.3. The molecule has 1 saturated carbocycles. The van der Waals surface area contributed by atoms with E-state index in [0.717, 1.165) is 52.3 Å². The van der Waals surface area contributed by atoms with Crippen LogP contribution in [0.15, 0.2) is 60.5 Å². The van der Waals surface area contributed by atoms with Crippen LogP contribution in [0.4, 0.5) is 8.78 Å². The van der Waals surface area contributed by atoms with E-state index < -0.39 is 11.6 Å². The van der Waals surface area contributed by atoms with Crippen molar-refractivity contribution < 1.29 is 23.4 Å². The first-order chi connectivity index (χ1) is 23.2. The average Bonchev–Trinajstić information content (AvgIpc) is 3.43. The molecule has 1 spiro atoms. The van der Waals surface area contributed by atoms with Crippen LogP contribution in [0.3, 0.4) is 0 Å². The fourth-order valence-electron chi connectivity index (χ4n) is 7.68. The number of hydrogen-bond donors (Lipinski definition) is 1. The molecule has 1 unspecified atom stereocenters. The van der Waals surface area contributed by atoms with Crippen LogP contribution in [0.1, 0.15) is 42.6 Å². The SMILES string of the molecule is C=CC(=O)N1CCn2nc(-c3nc(-c4ccc5c(c4)CN(C)CC54CC4)c4ccsc4c3-c3c(F)cc(F)cc3OCCO)cc2C1C. The van der Waals surface area contributed by atoms with Crippen LogP contribution in [0.2, 0.25) is 0 Å². The molecular formula is C37H35F2N5O3S. The third kappa shape index (κ3) is 4.94. The normalized spacial score (nSPS) is 18.2. The van der Waals surface area contributed by atoms with Gasteiger partial charge in [0.25, 0.3) is 0 Å². The van der Waals surface area contributed by atoms with Crippen LogP contribution in [-0.2, 0) is 23.3 Å². The summed E-state index contributed by atoms with van der Waals surface area (Å²) in [5.74, 6) is -1.79. The Morgan fingerprint density at radius 1 is 1.15 bits per heavy atom. The van der Waals surface area contributed by atoms with Gasteiger partial charge in [0.1, 0.15) is 35.4 Å². The zero-order valence-electron chi connectivity index (χ0n) is 26.8. The Labute approximate surface area is 280 Å². The Bertz CT molecular complexity index is 2120. The number of amides is 1. The number of halogens is 2. The van der Waals surface area contributed by atoms with E-state index in [2.05, 4.69) is 36.7 Å². The lowest BCUT2D eigenvalue weighted by Crippen LogP contribution is -2.40. The molecule has 1 fully saturated rings. The van der Waals surface area contributed by atoms with E-state index in [4.69, 9.17) is 14.8 Å². The molecule has 0 radical (unpaired) electrons. The van der Waals surface area contributed by atoms with Crippen LogP contribution in [0, 0.1) is 11.6 Å². The van der Waals surface area contributed by atoms with Crippen LogP contribution in [-0.4, -0.2) is 68.9 Å². The molecule has 246 valence electrons. The number of carbonyl (C=O) groups excluding carboxylic acids is 1. The van der Waals surface area contributed by atoms with Crippen molar-refractivity contribution in [3.05, 3.63) is 89.0 Å². The number of nitrogens with zero attached hydrogens (tertiary/aromatic N) is 5. The van der Waals surface area contributed by atoms with Crippen molar-refractivity contribution in [3.63, 3.8) is 0 Å². The van der Waals surface area contributed by atoms with Crippen LogP contribution >= 0.6 is 11.3 Å². The highest BCUT2D eigenvalue weighted by Crippen LogP contribution is 2.53. The Hall–Kier alpha value is -4.45. The van der Waals surface area contributed by atoms with Crippen molar-refractivity contribution in [1.29, 1.82) is 0 Å². The topological polar surface area (TPSA) is 83.7 Å². The summed E-state index contributed by atoms with van der Waals surface area (Å²) >= 11 is 1.44. The highest BCUT2D eigenvalue weighted by molar-refractivity contribution is 7.18. The number of hydrogen-bond acceptors (Lipinski definition) is 7. The number of benzene rings is 2. The Morgan fingerprint density at radius 2 is 1.98 bits per heavy atom. The molecule has 0 saturated heterocycles. The largest absolute Gasteiger partial charge is 0.490 e. The number of carbonyl (C=O) groups is 1. The number of thiophene rings is 1. The first kappa shape index (κ1) is 30.9. The van der Waals surface area contributed by atoms with Gasteiger partial charge in [-0.25, -0.2) is 13.8 Å². The zero-order valence-corrected chi connectivity index (χ0v) is 27.6. The van der Waals surface area contributed by atoms with Crippen molar-refractivity contribution in [2.45, 2.75) is 44.3 Å². The predicted molar refractivity (Wildman–Crippen MR) is 182 cm³/mol. The molecule has 11 heteroatoms. The number of pyridine rings is 1. The molecule has 1 N–H and O–H groups in total. The molecule has 5 heterocycles. The van der Waals surface area contributed by atoms with Gasteiger partial charge in [0, 0.05) is 58.4 Å². The Morgan fingerprint density at radius 3 is 2.75 bits per heavy atom. The second-order valence-electron chi connectivity index (χ2n) is 13.1. The lowest BCUT2D eigenvalue weighted by atomic mass is 9.85. The first-order valence-corrected chi connectivity index (χ1v) is 17.1. The average molecular weight is 668 g/mol. The fraction of sp³-hybridized carbons (Fsp3) is 0.324. The van der Waals surface area contributed by atoms with E-state index in [1.165, 1.54) is 41.4 Å². The molecule has 5 aromatic rings. The monoisotopic (exact) mass is 667 g/mol. The van der Waals surface area contributed by atoms with E-state index >= 15 is 4.39 Å². The Kier molecular flexibility index (Phi) is 7.46. The Balaban J connectivity index is 1.37. The molecular weight excluding hydrogens is 633 g/mol. The van der Waals surface area contributed by atoms with Crippen molar-refractivity contribution in [2.24, 2.45) is 0 Å². The van der Waals surface area contributed by atoms with Gasteiger partial charge < -0.3 is 19.6 Å². The van der Waals surface area contributed by atoms with Gasteiger partial charge in [0.2, 0.25) is 5.91 Å². The van der Waals surface area contributed by atoms with Gasteiger partial charge in [-0.05, 0) is 67.6 Å². The molecule has 2 aliphatic heterocycles. The van der Waals surface area contributed by atoms with Crippen molar-refractivity contribution in [3.8, 4) is 39.5 Å². The van der Waals surface area contributed by atoms with Gasteiger partial charge in [-0.1, -0.05) is 18.7 Å². The molecule has 1 aliphatic carbocycles. The smallest absolute Gasteiger partial charge is 0.246 e. The predicted octanol–water partition coefficient (Wildman–Crippen LogP) is 6.71. The van der Waals surface area contributed by atoms with Crippen molar-refractivity contribution >= 4 is 27.3 Å². The number of aliphatic hydroxyl groups is 1. The molecule has 0 bridgehead atoms. The summed E-state index contributed by atoms with van der Waals surface area (Å²) in [4.78, 5) is 22.0. The molecule has 1 atom stereocenters. The number of aliphatic hydroxyl groups excluding tert-OH is 1. The molecule has 1 amide bonds. The van der Waals surface area contributed by atoms with Crippen molar-refractivity contribution in [2.75, 3.05) is 33.4 Å². The van der Waals surface area contributed by atoms with Gasteiger partial charge in [-0.3, -0.25) is 9.48 Å². The lowest BCUT2D eigenvalue weighted by molar-refractivity contribution is -0.129. The van der Waals surface area contributed by atoms with E-state index in [1.54, 1.807) is 4.90 Å². The van der Waals surface area contributed by atoms with E-state index in [1.807, 2.05) is 29.1 Å². The quantitative estimate of drug-likeness (QED) is 0.194. The highest BCUT2D eigenvalue weighted by Gasteiger charge is 2.48. The van der Waals surface area contributed by atoms with Gasteiger partial charge in [-0.2, -0.15) is 5.10 Å². The molecule has 48 heavy (non-hydrogen) atoms. The maximum absolute atomic E-state index is 16.1. The van der Waals surface area contributed by atoms with Crippen LogP contribution < -0.4 is 4.74 Å². The van der Waals surface area contributed by atoms with Gasteiger partial charge in [0.15, 0.2) is 0 Å². The number of rotatable bonds is 7. The standard InChI is InChI=1S/C37H35F2N5O3S/c1-4-31(46)43-10-11-44-29(21(43)2)18-28(41-44)35-33(32-27(39)16-24(38)17-30(32)47-13-12-45)36-25(7-14-48-36)34(40-35)22-5-6-26-23(15-22)19-42(3)20-37(26)8-9-37/h4-7,14-18,21,45H,1,8-13,19-20H2,2-3H3.